The first-order valence-corrected chi connectivity index (χ1v) is 11.4. The van der Waals surface area contributed by atoms with E-state index in [0.29, 0.717) is 13.1 Å². The molecule has 0 saturated carbocycles. The normalized spacial score (nSPS) is 35.1. The van der Waals surface area contributed by atoms with E-state index in [-0.39, 0.29) is 31.0 Å². The lowest BCUT2D eigenvalue weighted by Gasteiger charge is -2.39. The second-order valence-corrected chi connectivity index (χ2v) is 9.50. The number of unbranched alkanes of at least 4 members (excludes halogenated alkanes) is 5. The van der Waals surface area contributed by atoms with E-state index < -0.39 is 17.9 Å². The Hall–Kier alpha value is -0.280. The van der Waals surface area contributed by atoms with Gasteiger partial charge in [-0.25, -0.2) is 0 Å². The fraction of sp³-hybridized carbons (Fsp3) is 1.00. The van der Waals surface area contributed by atoms with Crippen LogP contribution in [0.1, 0.15) is 73.1 Å². The minimum absolute atomic E-state index is 0.137. The van der Waals surface area contributed by atoms with Gasteiger partial charge in [0, 0.05) is 13.1 Å². The van der Waals surface area contributed by atoms with Crippen LogP contribution < -0.4 is 0 Å². The summed E-state index contributed by atoms with van der Waals surface area (Å²) in [4.78, 5) is 2.28. The summed E-state index contributed by atoms with van der Waals surface area (Å²) in [7, 11) is 0. The fourth-order valence-corrected chi connectivity index (χ4v) is 4.65. The molecule has 1 N–H and O–H groups in total. The summed E-state index contributed by atoms with van der Waals surface area (Å²) >= 11 is 0. The second kappa shape index (κ2) is 9.90. The van der Waals surface area contributed by atoms with Crippen LogP contribution in [0.15, 0.2) is 0 Å². The zero-order chi connectivity index (χ0) is 21.1. The van der Waals surface area contributed by atoms with Gasteiger partial charge in [0.25, 0.3) is 0 Å². The van der Waals surface area contributed by atoms with Crippen LogP contribution in [0.5, 0.6) is 0 Å². The van der Waals surface area contributed by atoms with Gasteiger partial charge in [0.2, 0.25) is 0 Å². The molecule has 0 spiro atoms. The van der Waals surface area contributed by atoms with Crippen molar-refractivity contribution in [3.05, 3.63) is 0 Å². The van der Waals surface area contributed by atoms with Gasteiger partial charge in [0.1, 0.15) is 24.4 Å². The first-order valence-electron chi connectivity index (χ1n) is 11.4. The van der Waals surface area contributed by atoms with Crippen LogP contribution >= 0.6 is 0 Å². The van der Waals surface area contributed by atoms with Gasteiger partial charge in [-0.3, -0.25) is 4.90 Å². The highest BCUT2D eigenvalue weighted by atomic mass is 16.9. The number of hydrogen-bond acceptors (Lipinski definition) is 7. The van der Waals surface area contributed by atoms with Crippen LogP contribution in [0.2, 0.25) is 0 Å². The topological polar surface area (TPSA) is 69.6 Å². The van der Waals surface area contributed by atoms with Crippen molar-refractivity contribution in [3.63, 3.8) is 0 Å². The average molecular weight is 416 g/mol. The Balaban J connectivity index is 1.59. The summed E-state index contributed by atoms with van der Waals surface area (Å²) in [6.45, 7) is 12.3. The number of fused-ring (bicyclic) bond motifs is 3. The molecule has 0 aliphatic carbocycles. The van der Waals surface area contributed by atoms with Crippen molar-refractivity contribution in [2.24, 2.45) is 0 Å². The van der Waals surface area contributed by atoms with Gasteiger partial charge in [-0.05, 0) is 40.7 Å². The lowest BCUT2D eigenvalue weighted by atomic mass is 9.98. The van der Waals surface area contributed by atoms with E-state index in [1.54, 1.807) is 0 Å². The van der Waals surface area contributed by atoms with Crippen LogP contribution in [-0.4, -0.2) is 78.5 Å². The van der Waals surface area contributed by atoms with Crippen molar-refractivity contribution in [1.82, 2.24) is 4.90 Å². The number of rotatable bonds is 11. The minimum Gasteiger partial charge on any atom is -0.395 e. The Kier molecular flexibility index (Phi) is 7.98. The maximum Gasteiger partial charge on any atom is 0.190 e. The van der Waals surface area contributed by atoms with Crippen molar-refractivity contribution in [2.75, 3.05) is 26.2 Å². The molecule has 7 heteroatoms. The van der Waals surface area contributed by atoms with Crippen LogP contribution in [0.3, 0.4) is 0 Å². The van der Waals surface area contributed by atoms with Crippen molar-refractivity contribution in [2.45, 2.75) is 115 Å². The molecule has 3 rings (SSSR count). The summed E-state index contributed by atoms with van der Waals surface area (Å²) in [5.41, 5.74) is 0. The Labute approximate surface area is 176 Å². The molecule has 170 valence electrons. The quantitative estimate of drug-likeness (QED) is 0.520. The third-order valence-electron chi connectivity index (χ3n) is 5.93. The molecule has 0 radical (unpaired) electrons. The van der Waals surface area contributed by atoms with E-state index in [1.165, 1.54) is 32.1 Å². The molecule has 3 heterocycles. The largest absolute Gasteiger partial charge is 0.395 e. The monoisotopic (exact) mass is 415 g/mol. The van der Waals surface area contributed by atoms with Gasteiger partial charge >= 0.3 is 0 Å². The summed E-state index contributed by atoms with van der Waals surface area (Å²) in [5, 5.41) is 9.55. The van der Waals surface area contributed by atoms with E-state index in [9.17, 15) is 5.11 Å². The minimum atomic E-state index is -0.700. The van der Waals surface area contributed by atoms with Gasteiger partial charge in [-0.1, -0.05) is 39.0 Å². The molecule has 0 aromatic rings. The summed E-state index contributed by atoms with van der Waals surface area (Å²) < 4.78 is 30.8. The maximum absolute atomic E-state index is 9.55. The lowest BCUT2D eigenvalue weighted by Crippen LogP contribution is -2.58. The van der Waals surface area contributed by atoms with Gasteiger partial charge < -0.3 is 28.8 Å². The van der Waals surface area contributed by atoms with E-state index in [2.05, 4.69) is 11.8 Å². The molecule has 3 fully saturated rings. The van der Waals surface area contributed by atoms with E-state index in [0.717, 1.165) is 13.0 Å². The molecule has 5 atom stereocenters. The Morgan fingerprint density at radius 1 is 0.759 bits per heavy atom. The smallest absolute Gasteiger partial charge is 0.190 e. The highest BCUT2D eigenvalue weighted by Gasteiger charge is 2.60. The first-order chi connectivity index (χ1) is 13.7. The number of aliphatic hydroxyl groups excluding tert-OH is 1. The Bertz CT molecular complexity index is 514. The number of nitrogens with zero attached hydrogens (tertiary/aromatic N) is 1. The van der Waals surface area contributed by atoms with Crippen molar-refractivity contribution in [1.29, 1.82) is 0 Å². The Morgan fingerprint density at radius 3 is 2.10 bits per heavy atom. The van der Waals surface area contributed by atoms with Crippen LogP contribution in [0.4, 0.5) is 0 Å². The SMILES string of the molecule is CCCCCCCCN(CCO)C[C@@H]1O[C@@H]2OC(C)(C)O[C@@H]2[C@H]2OC(C)(C)O[C@H]21. The number of hydrogen-bond donors (Lipinski definition) is 1. The molecule has 29 heavy (non-hydrogen) atoms. The van der Waals surface area contributed by atoms with Crippen molar-refractivity contribution >= 4 is 0 Å². The molecular formula is C22H41NO6. The molecule has 0 amide bonds. The van der Waals surface area contributed by atoms with Crippen LogP contribution in [0, 0.1) is 0 Å². The summed E-state index contributed by atoms with van der Waals surface area (Å²) in [6, 6.07) is 0. The Morgan fingerprint density at radius 2 is 1.38 bits per heavy atom. The van der Waals surface area contributed by atoms with E-state index in [1.807, 2.05) is 27.7 Å². The molecule has 3 aliphatic rings. The zero-order valence-electron chi connectivity index (χ0n) is 18.9. The van der Waals surface area contributed by atoms with Gasteiger partial charge in [-0.2, -0.15) is 0 Å². The second-order valence-electron chi connectivity index (χ2n) is 9.50. The van der Waals surface area contributed by atoms with Crippen LogP contribution in [0.25, 0.3) is 0 Å². The summed E-state index contributed by atoms with van der Waals surface area (Å²) in [6.07, 6.45) is 6.14. The van der Waals surface area contributed by atoms with Gasteiger partial charge in [0.05, 0.1) is 6.61 Å². The molecule has 0 bridgehead atoms. The average Bonchev–Trinajstić information content (AvgIpc) is 3.12. The maximum atomic E-state index is 9.55. The molecule has 3 aliphatic heterocycles. The third kappa shape index (κ3) is 6.12. The third-order valence-corrected chi connectivity index (χ3v) is 5.93. The highest BCUT2D eigenvalue weighted by Crippen LogP contribution is 2.44. The van der Waals surface area contributed by atoms with Crippen molar-refractivity contribution in [3.8, 4) is 0 Å². The van der Waals surface area contributed by atoms with Crippen molar-refractivity contribution < 1.29 is 28.8 Å². The van der Waals surface area contributed by atoms with Gasteiger partial charge in [-0.15, -0.1) is 0 Å². The first kappa shape index (κ1) is 23.4. The molecule has 7 nitrogen and oxygen atoms in total. The summed E-state index contributed by atoms with van der Waals surface area (Å²) in [5.74, 6) is -1.38. The predicted octanol–water partition coefficient (Wildman–Crippen LogP) is 3.04. The van der Waals surface area contributed by atoms with Crippen LogP contribution in [-0.2, 0) is 23.7 Å². The predicted molar refractivity (Wildman–Crippen MR) is 109 cm³/mol. The molecular weight excluding hydrogens is 374 g/mol. The molecule has 0 aromatic carbocycles. The fourth-order valence-electron chi connectivity index (χ4n) is 4.65. The number of ether oxygens (including phenoxy) is 5. The van der Waals surface area contributed by atoms with E-state index >= 15 is 0 Å². The van der Waals surface area contributed by atoms with E-state index in [4.69, 9.17) is 23.7 Å². The van der Waals surface area contributed by atoms with Gasteiger partial charge in [0.15, 0.2) is 17.9 Å². The lowest BCUT2D eigenvalue weighted by molar-refractivity contribution is -0.236. The standard InChI is InChI=1S/C22H41NO6/c1-6-7-8-9-10-11-12-23(13-14-24)15-16-17-18(27-21(2,3)26-17)19-20(25-16)29-22(4,5)28-19/h16-20,24H,6-15H2,1-5H3/t16-,17-,18-,19+,20+/m0/s1. The highest BCUT2D eigenvalue weighted by molar-refractivity contribution is 5.00. The number of aliphatic hydroxyl groups is 1. The molecule has 0 aromatic heterocycles. The zero-order valence-corrected chi connectivity index (χ0v) is 18.9. The molecule has 3 saturated heterocycles. The molecule has 0 unspecified atom stereocenters.